The van der Waals surface area contributed by atoms with E-state index in [1.807, 2.05) is 18.2 Å². The maximum Gasteiger partial charge on any atom is 0.329 e. The van der Waals surface area contributed by atoms with Crippen LogP contribution in [0.3, 0.4) is 0 Å². The topological polar surface area (TPSA) is 120 Å². The first-order valence-electron chi connectivity index (χ1n) is 7.71. The predicted molar refractivity (Wildman–Crippen MR) is 103 cm³/mol. The second-order valence-electron chi connectivity index (χ2n) is 5.50. The van der Waals surface area contributed by atoms with Gasteiger partial charge in [-0.1, -0.05) is 31.9 Å². The number of thiol groups is 1. The summed E-state index contributed by atoms with van der Waals surface area (Å²) in [5.74, 6) is 0.385. The van der Waals surface area contributed by atoms with Gasteiger partial charge >= 0.3 is 6.03 Å². The number of carbonyl (C=O) groups is 1. The Labute approximate surface area is 150 Å². The molecule has 0 saturated heterocycles. The molecule has 0 radical (unpaired) electrons. The molecule has 0 spiro atoms. The lowest BCUT2D eigenvalue weighted by molar-refractivity contribution is 0.257. The molecule has 0 aliphatic carbocycles. The summed E-state index contributed by atoms with van der Waals surface area (Å²) >= 11 is 3.71. The molecule has 2 aromatic carbocycles. The van der Waals surface area contributed by atoms with Crippen LogP contribution in [0.25, 0.3) is 11.0 Å². The number of rotatable bonds is 4. The van der Waals surface area contributed by atoms with E-state index in [0.717, 1.165) is 17.5 Å². The average molecular weight is 354 g/mol. The lowest BCUT2D eigenvalue weighted by atomic mass is 10.0. The molecule has 0 unspecified atom stereocenters. The Balaban J connectivity index is 2.04. The SMILES string of the molecule is CCc1ccc2nc(C(=N)c3c(N)cccc3NC(=O)NS)[nH]c2c1. The Bertz CT molecular complexity index is 965. The number of hydrogen-bond donors (Lipinski definition) is 6. The molecular formula is C17H18N6OS. The summed E-state index contributed by atoms with van der Waals surface area (Å²) in [6.07, 6.45) is 0.917. The highest BCUT2D eigenvalue weighted by molar-refractivity contribution is 7.78. The largest absolute Gasteiger partial charge is 0.398 e. The van der Waals surface area contributed by atoms with Crippen LogP contribution in [0.1, 0.15) is 23.9 Å². The van der Waals surface area contributed by atoms with E-state index in [9.17, 15) is 4.79 Å². The zero-order valence-electron chi connectivity index (χ0n) is 13.6. The minimum absolute atomic E-state index is 0.0989. The van der Waals surface area contributed by atoms with Gasteiger partial charge in [0.25, 0.3) is 0 Å². The molecule has 0 atom stereocenters. The number of nitrogens with one attached hydrogen (secondary N) is 4. The number of nitrogens with two attached hydrogens (primary N) is 1. The van der Waals surface area contributed by atoms with Gasteiger partial charge in [0.15, 0.2) is 5.82 Å². The standard InChI is InChI=1S/C17H18N6OS/c1-2-9-6-7-11-13(8-9)21-16(20-11)15(19)14-10(18)4-3-5-12(14)22-17(24)23-25/h3-8,19,25H,2,18H2,1H3,(H,20,21)(H2,22,23,24). The van der Waals surface area contributed by atoms with Crippen molar-refractivity contribution in [3.05, 3.63) is 53.3 Å². The Kier molecular flexibility index (Phi) is 4.62. The quantitative estimate of drug-likeness (QED) is 0.245. The van der Waals surface area contributed by atoms with Gasteiger partial charge in [0.2, 0.25) is 0 Å². The molecule has 1 aromatic heterocycles. The van der Waals surface area contributed by atoms with Crippen LogP contribution < -0.4 is 15.8 Å². The number of nitrogen functional groups attached to an aromatic ring is 1. The van der Waals surface area contributed by atoms with E-state index in [2.05, 4.69) is 39.7 Å². The number of fused-ring (bicyclic) bond motifs is 1. The van der Waals surface area contributed by atoms with E-state index in [-0.39, 0.29) is 5.71 Å². The highest BCUT2D eigenvalue weighted by atomic mass is 32.1. The summed E-state index contributed by atoms with van der Waals surface area (Å²) in [6.45, 7) is 2.08. The van der Waals surface area contributed by atoms with Crippen LogP contribution in [0, 0.1) is 5.41 Å². The van der Waals surface area contributed by atoms with Gasteiger partial charge in [-0.25, -0.2) is 9.78 Å². The normalized spacial score (nSPS) is 10.6. The first kappa shape index (κ1) is 16.8. The molecule has 0 aliphatic rings. The number of imidazole rings is 1. The van der Waals surface area contributed by atoms with Crippen LogP contribution in [0.15, 0.2) is 36.4 Å². The third-order valence-electron chi connectivity index (χ3n) is 3.89. The fourth-order valence-electron chi connectivity index (χ4n) is 2.62. The van der Waals surface area contributed by atoms with Crippen LogP contribution >= 0.6 is 12.8 Å². The number of hydrogen-bond acceptors (Lipinski definition) is 5. The molecule has 8 heteroatoms. The zero-order chi connectivity index (χ0) is 18.0. The molecule has 2 amide bonds. The summed E-state index contributed by atoms with van der Waals surface area (Å²) in [5, 5.41) is 11.1. The number of urea groups is 1. The van der Waals surface area contributed by atoms with Crippen molar-refractivity contribution < 1.29 is 4.79 Å². The van der Waals surface area contributed by atoms with Crippen molar-refractivity contribution in [1.82, 2.24) is 14.7 Å². The van der Waals surface area contributed by atoms with E-state index in [0.29, 0.717) is 22.8 Å². The predicted octanol–water partition coefficient (Wildman–Crippen LogP) is 3.09. The summed E-state index contributed by atoms with van der Waals surface area (Å²) in [5.41, 5.74) is 10.1. The lowest BCUT2D eigenvalue weighted by Gasteiger charge is -2.12. The van der Waals surface area contributed by atoms with Gasteiger partial charge in [0, 0.05) is 11.3 Å². The van der Waals surface area contributed by atoms with Gasteiger partial charge in [-0.3, -0.25) is 10.1 Å². The van der Waals surface area contributed by atoms with Gasteiger partial charge in [-0.05, 0) is 36.2 Å². The van der Waals surface area contributed by atoms with Crippen LogP contribution in [-0.4, -0.2) is 21.7 Å². The number of anilines is 2. The molecule has 25 heavy (non-hydrogen) atoms. The molecule has 0 aliphatic heterocycles. The minimum atomic E-state index is -0.514. The summed E-state index contributed by atoms with van der Waals surface area (Å²) < 4.78 is 2.18. The van der Waals surface area contributed by atoms with Crippen molar-refractivity contribution in [3.63, 3.8) is 0 Å². The number of benzene rings is 2. The van der Waals surface area contributed by atoms with Crippen LogP contribution in [0.2, 0.25) is 0 Å². The smallest absolute Gasteiger partial charge is 0.329 e. The second-order valence-corrected chi connectivity index (χ2v) is 5.72. The van der Waals surface area contributed by atoms with E-state index in [4.69, 9.17) is 11.1 Å². The third kappa shape index (κ3) is 3.29. The zero-order valence-corrected chi connectivity index (χ0v) is 14.4. The number of aryl methyl sites for hydroxylation is 1. The Morgan fingerprint density at radius 3 is 2.88 bits per heavy atom. The van der Waals surface area contributed by atoms with Crippen molar-refractivity contribution in [2.24, 2.45) is 0 Å². The average Bonchev–Trinajstić information content (AvgIpc) is 3.04. The van der Waals surface area contributed by atoms with Crippen LogP contribution in [-0.2, 0) is 6.42 Å². The Hall–Kier alpha value is -3.00. The number of aromatic nitrogens is 2. The van der Waals surface area contributed by atoms with Crippen molar-refractivity contribution in [2.75, 3.05) is 11.1 Å². The van der Waals surface area contributed by atoms with Gasteiger partial charge in [-0.2, -0.15) is 0 Å². The van der Waals surface area contributed by atoms with E-state index < -0.39 is 6.03 Å². The second kappa shape index (κ2) is 6.86. The van der Waals surface area contributed by atoms with Gasteiger partial charge in [-0.15, -0.1) is 0 Å². The summed E-state index contributed by atoms with van der Waals surface area (Å²) in [4.78, 5) is 19.2. The number of carbonyl (C=O) groups excluding carboxylic acids is 1. The molecule has 0 bridgehead atoms. The van der Waals surface area contributed by atoms with E-state index >= 15 is 0 Å². The van der Waals surface area contributed by atoms with Crippen molar-refractivity contribution >= 4 is 47.0 Å². The molecule has 0 saturated carbocycles. The number of H-pyrrole nitrogens is 1. The first-order chi connectivity index (χ1) is 12.0. The van der Waals surface area contributed by atoms with Crippen molar-refractivity contribution in [2.45, 2.75) is 13.3 Å². The Morgan fingerprint density at radius 2 is 2.16 bits per heavy atom. The lowest BCUT2D eigenvalue weighted by Crippen LogP contribution is -2.22. The highest BCUT2D eigenvalue weighted by Gasteiger charge is 2.18. The molecule has 3 rings (SSSR count). The maximum atomic E-state index is 11.6. The van der Waals surface area contributed by atoms with Crippen molar-refractivity contribution in [1.29, 1.82) is 5.41 Å². The molecule has 3 aromatic rings. The van der Waals surface area contributed by atoms with Gasteiger partial charge < -0.3 is 16.0 Å². The third-order valence-corrected chi connectivity index (χ3v) is 4.09. The summed E-state index contributed by atoms with van der Waals surface area (Å²) in [6, 6.07) is 10.5. The number of amides is 2. The highest BCUT2D eigenvalue weighted by Crippen LogP contribution is 2.25. The van der Waals surface area contributed by atoms with E-state index in [1.165, 1.54) is 5.56 Å². The van der Waals surface area contributed by atoms with Gasteiger partial charge in [0.05, 0.1) is 16.7 Å². The number of nitrogens with zero attached hydrogens (tertiary/aromatic N) is 1. The van der Waals surface area contributed by atoms with Crippen LogP contribution in [0.4, 0.5) is 16.2 Å². The Morgan fingerprint density at radius 1 is 1.36 bits per heavy atom. The first-order valence-corrected chi connectivity index (χ1v) is 8.15. The molecule has 6 N–H and O–H groups in total. The number of aromatic amines is 1. The molecule has 7 nitrogen and oxygen atoms in total. The molecule has 128 valence electrons. The monoisotopic (exact) mass is 354 g/mol. The van der Waals surface area contributed by atoms with Crippen molar-refractivity contribution in [3.8, 4) is 0 Å². The fraction of sp³-hybridized carbons (Fsp3) is 0.118. The minimum Gasteiger partial charge on any atom is -0.398 e. The fourth-order valence-corrected chi connectivity index (χ4v) is 2.67. The molecule has 0 fully saturated rings. The molecule has 1 heterocycles. The maximum absolute atomic E-state index is 11.6. The van der Waals surface area contributed by atoms with Gasteiger partial charge in [0.1, 0.15) is 5.71 Å². The summed E-state index contributed by atoms with van der Waals surface area (Å²) in [7, 11) is 0. The van der Waals surface area contributed by atoms with E-state index in [1.54, 1.807) is 18.2 Å². The molecular weight excluding hydrogens is 336 g/mol. The van der Waals surface area contributed by atoms with Crippen LogP contribution in [0.5, 0.6) is 0 Å².